The van der Waals surface area contributed by atoms with Crippen LogP contribution in [0.4, 0.5) is 0 Å². The van der Waals surface area contributed by atoms with Crippen LogP contribution in [0.3, 0.4) is 0 Å². The third kappa shape index (κ3) is 5.43. The van der Waals surface area contributed by atoms with Crippen LogP contribution in [-0.4, -0.2) is 25.7 Å². The largest absolute Gasteiger partial charge is 0.428 e. The summed E-state index contributed by atoms with van der Waals surface area (Å²) in [5.74, 6) is 0.588. The lowest BCUT2D eigenvalue weighted by Crippen LogP contribution is -2.13. The fraction of sp³-hybridized carbons (Fsp3) is 0.300. The van der Waals surface area contributed by atoms with E-state index in [9.17, 15) is 9.59 Å². The van der Waals surface area contributed by atoms with E-state index in [-0.39, 0.29) is 6.61 Å². The van der Waals surface area contributed by atoms with Crippen molar-refractivity contribution in [3.63, 3.8) is 0 Å². The van der Waals surface area contributed by atoms with Gasteiger partial charge in [-0.25, -0.2) is 9.59 Å². The van der Waals surface area contributed by atoms with Gasteiger partial charge in [0.15, 0.2) is 0 Å². The topological polar surface area (TPSA) is 61.8 Å². The van der Waals surface area contributed by atoms with Gasteiger partial charge in [0.2, 0.25) is 0 Å². The normalized spacial score (nSPS) is 16.5. The molecule has 0 spiro atoms. The first kappa shape index (κ1) is 18.7. The number of carbonyl (C=O) groups excluding carboxylic acids is 2. The Kier molecular flexibility index (Phi) is 6.71. The molecule has 0 aliphatic heterocycles. The zero-order valence-corrected chi connectivity index (χ0v) is 14.3. The highest BCUT2D eigenvalue weighted by molar-refractivity contribution is 5.88. The molecule has 2 rings (SSSR count). The van der Waals surface area contributed by atoms with Gasteiger partial charge in [0, 0.05) is 19.6 Å². The zero-order chi connectivity index (χ0) is 18.2. The Balaban J connectivity index is 1.91. The molecule has 0 amide bonds. The lowest BCUT2D eigenvalue weighted by atomic mass is 9.87. The minimum atomic E-state index is -0.477. The summed E-state index contributed by atoms with van der Waals surface area (Å²) in [5, 5.41) is 0. The first-order valence-electron chi connectivity index (χ1n) is 8.05. The molecule has 0 heterocycles. The molecular formula is C20H22O5. The lowest BCUT2D eigenvalue weighted by molar-refractivity contribution is -0.136. The summed E-state index contributed by atoms with van der Waals surface area (Å²) in [6, 6.07) is 7.43. The number of methoxy groups -OCH3 is 1. The van der Waals surface area contributed by atoms with Crippen molar-refractivity contribution in [3.8, 4) is 5.75 Å². The van der Waals surface area contributed by atoms with E-state index in [0.29, 0.717) is 29.4 Å². The summed E-state index contributed by atoms with van der Waals surface area (Å²) in [4.78, 5) is 23.0. The van der Waals surface area contributed by atoms with Gasteiger partial charge in [-0.15, -0.1) is 0 Å². The second-order valence-corrected chi connectivity index (χ2v) is 5.76. The standard InChI is InChI=1S/C20H22O5/c1-4-19(21)24-17-9-5-15(6-10-17)16-7-11-18(12-8-16)25-20(22)14(2)13-23-3/h4-6,9-11,16H,1-2,7-8,12-13H2,3H3. The average Bonchev–Trinajstić information content (AvgIpc) is 2.63. The smallest absolute Gasteiger partial charge is 0.340 e. The molecule has 0 N–H and O–H groups in total. The maximum Gasteiger partial charge on any atom is 0.340 e. The molecule has 1 aliphatic rings. The number of benzene rings is 1. The summed E-state index contributed by atoms with van der Waals surface area (Å²) in [7, 11) is 1.51. The Labute approximate surface area is 147 Å². The van der Waals surface area contributed by atoms with E-state index < -0.39 is 11.9 Å². The van der Waals surface area contributed by atoms with Crippen molar-refractivity contribution in [2.75, 3.05) is 13.7 Å². The Morgan fingerprint density at radius 1 is 1.24 bits per heavy atom. The summed E-state index contributed by atoms with van der Waals surface area (Å²) in [6.45, 7) is 7.17. The van der Waals surface area contributed by atoms with Crippen LogP contribution in [0.1, 0.15) is 30.7 Å². The van der Waals surface area contributed by atoms with Gasteiger partial charge in [0.1, 0.15) is 11.5 Å². The average molecular weight is 342 g/mol. The van der Waals surface area contributed by atoms with Gasteiger partial charge >= 0.3 is 11.9 Å². The molecule has 1 aliphatic carbocycles. The van der Waals surface area contributed by atoms with Gasteiger partial charge in [0.25, 0.3) is 0 Å². The van der Waals surface area contributed by atoms with Crippen LogP contribution in [0.2, 0.25) is 0 Å². The van der Waals surface area contributed by atoms with Crippen LogP contribution >= 0.6 is 0 Å². The minimum Gasteiger partial charge on any atom is -0.428 e. The molecule has 0 aromatic heterocycles. The molecule has 0 fully saturated rings. The van der Waals surface area contributed by atoms with E-state index >= 15 is 0 Å². The maximum absolute atomic E-state index is 11.8. The Bertz CT molecular complexity index is 685. The quantitative estimate of drug-likeness (QED) is 0.430. The number of allylic oxidation sites excluding steroid dienone is 2. The summed E-state index contributed by atoms with van der Waals surface area (Å²) < 4.78 is 15.3. The fourth-order valence-electron chi connectivity index (χ4n) is 2.60. The van der Waals surface area contributed by atoms with Gasteiger partial charge in [-0.2, -0.15) is 0 Å². The number of rotatable bonds is 7. The van der Waals surface area contributed by atoms with Gasteiger partial charge < -0.3 is 14.2 Å². The van der Waals surface area contributed by atoms with E-state index in [2.05, 4.69) is 13.2 Å². The van der Waals surface area contributed by atoms with Crippen molar-refractivity contribution >= 4 is 11.9 Å². The molecule has 1 aromatic carbocycles. The van der Waals surface area contributed by atoms with Crippen molar-refractivity contribution in [1.29, 1.82) is 0 Å². The van der Waals surface area contributed by atoms with Crippen molar-refractivity contribution in [3.05, 3.63) is 66.5 Å². The van der Waals surface area contributed by atoms with E-state index in [1.54, 1.807) is 12.1 Å². The molecule has 132 valence electrons. The van der Waals surface area contributed by atoms with Crippen LogP contribution in [0, 0.1) is 0 Å². The molecule has 0 saturated carbocycles. The van der Waals surface area contributed by atoms with Crippen LogP contribution in [0.25, 0.3) is 0 Å². The first-order chi connectivity index (χ1) is 12.0. The Hall–Kier alpha value is -2.66. The number of hydrogen-bond donors (Lipinski definition) is 0. The van der Waals surface area contributed by atoms with Crippen LogP contribution < -0.4 is 4.74 Å². The van der Waals surface area contributed by atoms with Crippen molar-refractivity contribution in [2.45, 2.75) is 25.2 Å². The van der Waals surface area contributed by atoms with Crippen molar-refractivity contribution in [2.24, 2.45) is 0 Å². The monoisotopic (exact) mass is 342 g/mol. The van der Waals surface area contributed by atoms with Crippen LogP contribution in [0.5, 0.6) is 5.75 Å². The van der Waals surface area contributed by atoms with Gasteiger partial charge in [-0.3, -0.25) is 0 Å². The van der Waals surface area contributed by atoms with Gasteiger partial charge in [-0.1, -0.05) is 25.3 Å². The van der Waals surface area contributed by atoms with E-state index in [1.807, 2.05) is 18.2 Å². The number of esters is 2. The van der Waals surface area contributed by atoms with Crippen LogP contribution in [0.15, 0.2) is 60.9 Å². The molecule has 0 saturated heterocycles. The van der Waals surface area contributed by atoms with E-state index in [1.165, 1.54) is 7.11 Å². The highest BCUT2D eigenvalue weighted by Gasteiger charge is 2.20. The summed E-state index contributed by atoms with van der Waals surface area (Å²) in [5.41, 5.74) is 1.46. The Morgan fingerprint density at radius 3 is 2.52 bits per heavy atom. The number of ether oxygens (including phenoxy) is 3. The van der Waals surface area contributed by atoms with E-state index in [0.717, 1.165) is 24.5 Å². The molecule has 5 nitrogen and oxygen atoms in total. The molecular weight excluding hydrogens is 320 g/mol. The van der Waals surface area contributed by atoms with Crippen molar-refractivity contribution in [1.82, 2.24) is 0 Å². The molecule has 1 atom stereocenters. The SMILES string of the molecule is C=CC(=O)Oc1ccc(C2CC=C(OC(=O)C(=C)COC)CC2)cc1. The minimum absolute atomic E-state index is 0.164. The molecule has 1 aromatic rings. The summed E-state index contributed by atoms with van der Waals surface area (Å²) in [6.07, 6.45) is 5.42. The highest BCUT2D eigenvalue weighted by atomic mass is 16.5. The second kappa shape index (κ2) is 8.99. The molecule has 0 radical (unpaired) electrons. The predicted octanol–water partition coefficient (Wildman–Crippen LogP) is 3.68. The fourth-order valence-corrected chi connectivity index (χ4v) is 2.60. The molecule has 5 heteroatoms. The molecule has 25 heavy (non-hydrogen) atoms. The third-order valence-electron chi connectivity index (χ3n) is 3.94. The highest BCUT2D eigenvalue weighted by Crippen LogP contribution is 2.33. The maximum atomic E-state index is 11.8. The van der Waals surface area contributed by atoms with Crippen LogP contribution in [-0.2, 0) is 19.1 Å². The molecule has 0 bridgehead atoms. The Morgan fingerprint density at radius 2 is 1.96 bits per heavy atom. The summed E-state index contributed by atoms with van der Waals surface area (Å²) >= 11 is 0. The molecule has 1 unspecified atom stereocenters. The predicted molar refractivity (Wildman–Crippen MR) is 94.1 cm³/mol. The van der Waals surface area contributed by atoms with Crippen molar-refractivity contribution < 1.29 is 23.8 Å². The van der Waals surface area contributed by atoms with Gasteiger partial charge in [0.05, 0.1) is 12.2 Å². The lowest BCUT2D eigenvalue weighted by Gasteiger charge is -2.22. The number of hydrogen-bond acceptors (Lipinski definition) is 5. The van der Waals surface area contributed by atoms with E-state index in [4.69, 9.17) is 14.2 Å². The van der Waals surface area contributed by atoms with Gasteiger partial charge in [-0.05, 0) is 42.5 Å². The first-order valence-corrected chi connectivity index (χ1v) is 8.05. The zero-order valence-electron chi connectivity index (χ0n) is 14.3. The number of carbonyl (C=O) groups is 2. The third-order valence-corrected chi connectivity index (χ3v) is 3.94. The second-order valence-electron chi connectivity index (χ2n) is 5.76.